The van der Waals surface area contributed by atoms with Gasteiger partial charge in [0.25, 0.3) is 0 Å². The summed E-state index contributed by atoms with van der Waals surface area (Å²) in [6, 6.07) is 0. The van der Waals surface area contributed by atoms with Crippen LogP contribution in [-0.4, -0.2) is 5.91 Å². The highest BCUT2D eigenvalue weighted by molar-refractivity contribution is 5.78. The van der Waals surface area contributed by atoms with Crippen LogP contribution in [0.5, 0.6) is 0 Å². The number of hydrogen-bond acceptors (Lipinski definition) is 1. The summed E-state index contributed by atoms with van der Waals surface area (Å²) in [5, 5.41) is 2.25. The molecule has 2 heteroatoms. The van der Waals surface area contributed by atoms with Crippen LogP contribution in [0, 0.1) is 7.05 Å². The van der Waals surface area contributed by atoms with Crippen LogP contribution < -0.4 is 5.32 Å². The van der Waals surface area contributed by atoms with Gasteiger partial charge in [0.05, 0.1) is 0 Å². The maximum Gasteiger partial charge on any atom is 0.224 e. The van der Waals surface area contributed by atoms with Crippen LogP contribution in [0.15, 0.2) is 12.2 Å². The number of amides is 1. The van der Waals surface area contributed by atoms with Crippen LogP contribution in [0.2, 0.25) is 0 Å². The van der Waals surface area contributed by atoms with Gasteiger partial charge >= 0.3 is 0 Å². The Morgan fingerprint density at radius 1 is 1.75 bits per heavy atom. The molecule has 0 fully saturated rings. The smallest absolute Gasteiger partial charge is 0.224 e. The Kier molecular flexibility index (Phi) is 2.92. The molecule has 0 saturated heterocycles. The summed E-state index contributed by atoms with van der Waals surface area (Å²) in [6.07, 6.45) is 0.378. The molecular weight excluding hydrogens is 102 g/mol. The number of carbonyl (C=O) groups excluding carboxylic acids is 1. The first-order chi connectivity index (χ1) is 3.66. The Bertz CT molecular complexity index is 107. The minimum absolute atomic E-state index is 0.0856. The van der Waals surface area contributed by atoms with E-state index < -0.39 is 0 Å². The van der Waals surface area contributed by atoms with Crippen molar-refractivity contribution < 1.29 is 4.79 Å². The van der Waals surface area contributed by atoms with Crippen molar-refractivity contribution in [3.05, 3.63) is 19.2 Å². The normalized spacial score (nSPS) is 8.25. The third-order valence-electron chi connectivity index (χ3n) is 0.660. The summed E-state index contributed by atoms with van der Waals surface area (Å²) in [5.74, 6) is -0.0856. The van der Waals surface area contributed by atoms with Gasteiger partial charge in [0.2, 0.25) is 5.91 Å². The van der Waals surface area contributed by atoms with Crippen molar-refractivity contribution in [2.75, 3.05) is 0 Å². The highest BCUT2D eigenvalue weighted by atomic mass is 16.1. The molecule has 0 spiro atoms. The second kappa shape index (κ2) is 3.24. The minimum atomic E-state index is -0.0856. The van der Waals surface area contributed by atoms with E-state index >= 15 is 0 Å². The number of rotatable bonds is 2. The molecule has 0 aromatic heterocycles. The molecule has 0 aliphatic heterocycles. The summed E-state index contributed by atoms with van der Waals surface area (Å²) in [4.78, 5) is 10.4. The Morgan fingerprint density at radius 3 is 2.38 bits per heavy atom. The largest absolute Gasteiger partial charge is 0.354 e. The van der Waals surface area contributed by atoms with Crippen molar-refractivity contribution in [2.45, 2.75) is 13.3 Å². The summed E-state index contributed by atoms with van der Waals surface area (Å²) in [6.45, 7) is 5.36. The second-order valence-electron chi connectivity index (χ2n) is 1.73. The fourth-order valence-electron chi connectivity index (χ4n) is 0.337. The van der Waals surface area contributed by atoms with Gasteiger partial charge in [0.15, 0.2) is 0 Å². The van der Waals surface area contributed by atoms with E-state index in [-0.39, 0.29) is 5.91 Å². The van der Waals surface area contributed by atoms with Crippen molar-refractivity contribution in [1.82, 2.24) is 5.32 Å². The van der Waals surface area contributed by atoms with Gasteiger partial charge in [-0.3, -0.25) is 4.79 Å². The van der Waals surface area contributed by atoms with Gasteiger partial charge in [-0.15, -0.1) is 0 Å². The van der Waals surface area contributed by atoms with E-state index in [0.29, 0.717) is 6.42 Å². The highest BCUT2D eigenvalue weighted by Crippen LogP contribution is 1.92. The maximum atomic E-state index is 10.4. The molecule has 0 saturated carbocycles. The topological polar surface area (TPSA) is 29.1 Å². The predicted molar refractivity (Wildman–Crippen MR) is 32.9 cm³/mol. The molecule has 0 bridgehead atoms. The van der Waals surface area contributed by atoms with Crippen LogP contribution in [0.25, 0.3) is 0 Å². The Labute approximate surface area is 49.6 Å². The van der Waals surface area contributed by atoms with E-state index in [0.717, 1.165) is 5.57 Å². The average Bonchev–Trinajstić information content (AvgIpc) is 1.65. The first kappa shape index (κ1) is 7.21. The lowest BCUT2D eigenvalue weighted by atomic mass is 10.2. The summed E-state index contributed by atoms with van der Waals surface area (Å²) >= 11 is 0. The molecular formula is C6H10NO. The Morgan fingerprint density at radius 2 is 2.25 bits per heavy atom. The molecule has 0 unspecified atom stereocenters. The van der Waals surface area contributed by atoms with Crippen molar-refractivity contribution in [1.29, 1.82) is 0 Å². The van der Waals surface area contributed by atoms with Crippen LogP contribution >= 0.6 is 0 Å². The molecule has 1 amide bonds. The lowest BCUT2D eigenvalue weighted by molar-refractivity contribution is -0.119. The molecule has 0 aromatic carbocycles. The Hall–Kier alpha value is -0.790. The number of hydrogen-bond donors (Lipinski definition) is 1. The van der Waals surface area contributed by atoms with Crippen molar-refractivity contribution in [2.24, 2.45) is 0 Å². The lowest BCUT2D eigenvalue weighted by Crippen LogP contribution is -2.14. The van der Waals surface area contributed by atoms with E-state index in [1.807, 2.05) is 0 Å². The lowest BCUT2D eigenvalue weighted by Gasteiger charge is -1.94. The van der Waals surface area contributed by atoms with E-state index in [2.05, 4.69) is 18.9 Å². The van der Waals surface area contributed by atoms with Gasteiger partial charge in [-0.25, -0.2) is 0 Å². The maximum absolute atomic E-state index is 10.4. The Balaban J connectivity index is 3.40. The quantitative estimate of drug-likeness (QED) is 0.527. The molecule has 0 aliphatic rings. The summed E-state index contributed by atoms with van der Waals surface area (Å²) in [5.41, 5.74) is 0.853. The van der Waals surface area contributed by atoms with Crippen LogP contribution in [-0.2, 0) is 4.79 Å². The van der Waals surface area contributed by atoms with Gasteiger partial charge in [-0.05, 0) is 6.92 Å². The summed E-state index contributed by atoms with van der Waals surface area (Å²) < 4.78 is 0. The third-order valence-corrected chi connectivity index (χ3v) is 0.660. The van der Waals surface area contributed by atoms with Crippen molar-refractivity contribution in [3.63, 3.8) is 0 Å². The van der Waals surface area contributed by atoms with Gasteiger partial charge in [0.1, 0.15) is 0 Å². The first-order valence-corrected chi connectivity index (χ1v) is 2.37. The number of nitrogens with one attached hydrogen (secondary N) is 1. The zero-order chi connectivity index (χ0) is 6.57. The zero-order valence-electron chi connectivity index (χ0n) is 5.03. The molecule has 1 N–H and O–H groups in total. The van der Waals surface area contributed by atoms with Crippen molar-refractivity contribution in [3.8, 4) is 0 Å². The third kappa shape index (κ3) is 3.40. The highest BCUT2D eigenvalue weighted by Gasteiger charge is 1.94. The minimum Gasteiger partial charge on any atom is -0.354 e. The standard InChI is InChI=1S/C6H10NO/c1-5(2)4-6(8)7-3/h1,3-4H2,2H3,(H,7,8). The van der Waals surface area contributed by atoms with E-state index in [1.54, 1.807) is 6.92 Å². The molecule has 45 valence electrons. The average molecular weight is 112 g/mol. The second-order valence-corrected chi connectivity index (χ2v) is 1.73. The van der Waals surface area contributed by atoms with E-state index in [9.17, 15) is 4.79 Å². The molecule has 0 atom stereocenters. The molecule has 0 heterocycles. The van der Waals surface area contributed by atoms with Crippen molar-refractivity contribution >= 4 is 5.91 Å². The molecule has 0 rings (SSSR count). The monoisotopic (exact) mass is 112 g/mol. The van der Waals surface area contributed by atoms with Gasteiger partial charge in [-0.2, -0.15) is 0 Å². The van der Waals surface area contributed by atoms with Crippen LogP contribution in [0.4, 0.5) is 0 Å². The predicted octanol–water partition coefficient (Wildman–Crippen LogP) is 0.860. The fourth-order valence-corrected chi connectivity index (χ4v) is 0.337. The first-order valence-electron chi connectivity index (χ1n) is 2.37. The molecule has 1 radical (unpaired) electrons. The van der Waals surface area contributed by atoms with E-state index in [1.165, 1.54) is 0 Å². The SMILES string of the molecule is [CH2]NC(=O)CC(=C)C. The summed E-state index contributed by atoms with van der Waals surface area (Å²) in [7, 11) is 3.20. The molecule has 8 heavy (non-hydrogen) atoms. The zero-order valence-corrected chi connectivity index (χ0v) is 5.03. The molecule has 0 aromatic rings. The van der Waals surface area contributed by atoms with Crippen LogP contribution in [0.3, 0.4) is 0 Å². The molecule has 0 aliphatic carbocycles. The fraction of sp³-hybridized carbons (Fsp3) is 0.333. The van der Waals surface area contributed by atoms with Gasteiger partial charge < -0.3 is 5.32 Å². The van der Waals surface area contributed by atoms with Crippen LogP contribution in [0.1, 0.15) is 13.3 Å². The van der Waals surface area contributed by atoms with E-state index in [4.69, 9.17) is 0 Å². The number of carbonyl (C=O) groups is 1. The molecule has 2 nitrogen and oxygen atoms in total. The van der Waals surface area contributed by atoms with Gasteiger partial charge in [-0.1, -0.05) is 12.2 Å². The van der Waals surface area contributed by atoms with Gasteiger partial charge in [0, 0.05) is 13.5 Å².